The second-order valence-electron chi connectivity index (χ2n) is 5.73. The van der Waals surface area contributed by atoms with Gasteiger partial charge in [0.25, 0.3) is 5.91 Å². The van der Waals surface area contributed by atoms with Gasteiger partial charge in [0, 0.05) is 23.4 Å². The van der Waals surface area contributed by atoms with Crippen molar-refractivity contribution >= 4 is 11.6 Å². The summed E-state index contributed by atoms with van der Waals surface area (Å²) >= 11 is 0. The summed E-state index contributed by atoms with van der Waals surface area (Å²) in [5.41, 5.74) is -0.631. The average molecular weight is 415 g/mol. The Bertz CT molecular complexity index is 1050. The summed E-state index contributed by atoms with van der Waals surface area (Å²) in [6.45, 7) is -3.62. The van der Waals surface area contributed by atoms with Crippen molar-refractivity contribution in [3.05, 3.63) is 77.1 Å². The van der Waals surface area contributed by atoms with E-state index in [2.05, 4.69) is 15.2 Å². The lowest BCUT2D eigenvalue weighted by Crippen LogP contribution is -2.12. The SMILES string of the molecule is O=C(Nc1cnn(Cc2c(F)cc(F)c(F)c2F)c1)c1cccc(OC(F)F)c1. The minimum atomic E-state index is -3.05. The molecule has 0 radical (unpaired) electrons. The third-order valence-corrected chi connectivity index (χ3v) is 3.74. The minimum absolute atomic E-state index is 0.00796. The van der Waals surface area contributed by atoms with Crippen molar-refractivity contribution in [2.45, 2.75) is 13.2 Å². The Kier molecular flexibility index (Phi) is 5.76. The van der Waals surface area contributed by atoms with Crippen molar-refractivity contribution in [3.8, 4) is 5.75 Å². The molecule has 1 heterocycles. The molecule has 5 nitrogen and oxygen atoms in total. The number of halogens is 6. The number of carbonyl (C=O) groups excluding carboxylic acids is 1. The molecule has 0 atom stereocenters. The van der Waals surface area contributed by atoms with Gasteiger partial charge in [-0.15, -0.1) is 0 Å². The van der Waals surface area contributed by atoms with Crippen molar-refractivity contribution < 1.29 is 35.9 Å². The topological polar surface area (TPSA) is 56.2 Å². The van der Waals surface area contributed by atoms with E-state index in [1.165, 1.54) is 24.4 Å². The van der Waals surface area contributed by atoms with Gasteiger partial charge in [0.15, 0.2) is 17.5 Å². The lowest BCUT2D eigenvalue weighted by atomic mass is 10.2. The summed E-state index contributed by atoms with van der Waals surface area (Å²) in [7, 11) is 0. The maximum Gasteiger partial charge on any atom is 0.387 e. The maximum atomic E-state index is 13.7. The van der Waals surface area contributed by atoms with Crippen LogP contribution in [0.2, 0.25) is 0 Å². The highest BCUT2D eigenvalue weighted by atomic mass is 19.3. The molecule has 29 heavy (non-hydrogen) atoms. The van der Waals surface area contributed by atoms with Gasteiger partial charge in [-0.2, -0.15) is 13.9 Å². The van der Waals surface area contributed by atoms with Gasteiger partial charge in [0.05, 0.1) is 18.4 Å². The molecule has 0 unspecified atom stereocenters. The van der Waals surface area contributed by atoms with Crippen LogP contribution in [0.4, 0.5) is 32.0 Å². The van der Waals surface area contributed by atoms with Crippen LogP contribution in [0.1, 0.15) is 15.9 Å². The van der Waals surface area contributed by atoms with E-state index in [-0.39, 0.29) is 23.1 Å². The quantitative estimate of drug-likeness (QED) is 0.370. The van der Waals surface area contributed by atoms with Gasteiger partial charge in [-0.3, -0.25) is 9.48 Å². The third kappa shape index (κ3) is 4.68. The number of amides is 1. The molecule has 0 aliphatic rings. The molecule has 0 fully saturated rings. The predicted molar refractivity (Wildman–Crippen MR) is 88.6 cm³/mol. The first-order chi connectivity index (χ1) is 13.7. The fourth-order valence-electron chi connectivity index (χ4n) is 2.44. The highest BCUT2D eigenvalue weighted by Crippen LogP contribution is 2.21. The average Bonchev–Trinajstić information content (AvgIpc) is 3.10. The van der Waals surface area contributed by atoms with Gasteiger partial charge < -0.3 is 10.1 Å². The van der Waals surface area contributed by atoms with E-state index in [0.717, 1.165) is 16.9 Å². The van der Waals surface area contributed by atoms with Crippen molar-refractivity contribution in [3.63, 3.8) is 0 Å². The van der Waals surface area contributed by atoms with Crippen molar-refractivity contribution in [2.24, 2.45) is 0 Å². The zero-order valence-corrected chi connectivity index (χ0v) is 14.3. The van der Waals surface area contributed by atoms with Crippen LogP contribution in [0, 0.1) is 23.3 Å². The Morgan fingerprint density at radius 3 is 2.59 bits per heavy atom. The molecule has 0 spiro atoms. The second-order valence-corrected chi connectivity index (χ2v) is 5.73. The van der Waals surface area contributed by atoms with Crippen molar-refractivity contribution in [1.82, 2.24) is 9.78 Å². The lowest BCUT2D eigenvalue weighted by Gasteiger charge is -2.07. The van der Waals surface area contributed by atoms with E-state index >= 15 is 0 Å². The molecule has 152 valence electrons. The van der Waals surface area contributed by atoms with E-state index in [9.17, 15) is 31.1 Å². The fraction of sp³-hybridized carbons (Fsp3) is 0.111. The number of aromatic nitrogens is 2. The predicted octanol–water partition coefficient (Wildman–Crippen LogP) is 4.34. The first kappa shape index (κ1) is 20.2. The molecule has 3 aromatic rings. The van der Waals surface area contributed by atoms with Gasteiger partial charge >= 0.3 is 6.61 Å². The molecule has 2 aromatic carbocycles. The second kappa shape index (κ2) is 8.25. The maximum absolute atomic E-state index is 13.7. The number of hydrogen-bond donors (Lipinski definition) is 1. The molecule has 0 aliphatic heterocycles. The van der Waals surface area contributed by atoms with Gasteiger partial charge in [-0.1, -0.05) is 6.07 Å². The number of benzene rings is 2. The number of alkyl halides is 2. The number of anilines is 1. The van der Waals surface area contributed by atoms with Gasteiger partial charge in [-0.25, -0.2) is 17.6 Å². The summed E-state index contributed by atoms with van der Waals surface area (Å²) in [6, 6.07) is 5.24. The zero-order valence-electron chi connectivity index (χ0n) is 14.3. The molecule has 0 saturated heterocycles. The molecule has 11 heteroatoms. The van der Waals surface area contributed by atoms with E-state index in [0.29, 0.717) is 0 Å². The summed E-state index contributed by atoms with van der Waals surface area (Å²) < 4.78 is 83.5. The molecule has 3 rings (SSSR count). The van der Waals surface area contributed by atoms with Crippen molar-refractivity contribution in [1.29, 1.82) is 0 Å². The summed E-state index contributed by atoms with van der Waals surface area (Å²) in [5.74, 6) is -7.34. The Hall–Kier alpha value is -3.50. The number of ether oxygens (including phenoxy) is 1. The van der Waals surface area contributed by atoms with E-state index in [1.807, 2.05) is 0 Å². The lowest BCUT2D eigenvalue weighted by molar-refractivity contribution is -0.0498. The normalized spacial score (nSPS) is 11.0. The van der Waals surface area contributed by atoms with Crippen LogP contribution in [0.25, 0.3) is 0 Å². The van der Waals surface area contributed by atoms with Gasteiger partial charge in [0.1, 0.15) is 11.6 Å². The van der Waals surface area contributed by atoms with Crippen LogP contribution in [-0.2, 0) is 6.54 Å². The summed E-state index contributed by atoms with van der Waals surface area (Å²) in [6.07, 6.45) is 2.34. The van der Waals surface area contributed by atoms with Crippen LogP contribution >= 0.6 is 0 Å². The van der Waals surface area contributed by atoms with E-state index < -0.39 is 47.9 Å². The molecule has 1 N–H and O–H groups in total. The van der Waals surface area contributed by atoms with Gasteiger partial charge in [0.2, 0.25) is 0 Å². The van der Waals surface area contributed by atoms with E-state index in [1.54, 1.807) is 0 Å². The molecular weight excluding hydrogens is 404 g/mol. The highest BCUT2D eigenvalue weighted by Gasteiger charge is 2.19. The standard InChI is InChI=1S/C18H11F6N3O2/c19-13-5-14(20)16(22)15(21)12(13)8-27-7-10(6-25-27)26-17(28)9-2-1-3-11(4-9)29-18(23)24/h1-7,18H,8H2,(H,26,28). The van der Waals surface area contributed by atoms with Crippen LogP contribution in [0.3, 0.4) is 0 Å². The zero-order chi connectivity index (χ0) is 21.1. The van der Waals surface area contributed by atoms with Crippen LogP contribution < -0.4 is 10.1 Å². The number of hydrogen-bond acceptors (Lipinski definition) is 3. The first-order valence-corrected chi connectivity index (χ1v) is 7.95. The van der Waals surface area contributed by atoms with E-state index in [4.69, 9.17) is 0 Å². The number of nitrogens with one attached hydrogen (secondary N) is 1. The molecular formula is C18H11F6N3O2. The molecule has 0 saturated carbocycles. The Morgan fingerprint density at radius 2 is 1.86 bits per heavy atom. The van der Waals surface area contributed by atoms with Crippen molar-refractivity contribution in [2.75, 3.05) is 5.32 Å². The number of rotatable bonds is 6. The molecule has 0 bridgehead atoms. The molecule has 1 aromatic heterocycles. The highest BCUT2D eigenvalue weighted by molar-refractivity contribution is 6.04. The Morgan fingerprint density at radius 1 is 1.10 bits per heavy atom. The monoisotopic (exact) mass is 415 g/mol. The molecule has 1 amide bonds. The Balaban J connectivity index is 1.73. The van der Waals surface area contributed by atoms with Crippen LogP contribution in [0.5, 0.6) is 5.75 Å². The minimum Gasteiger partial charge on any atom is -0.435 e. The van der Waals surface area contributed by atoms with Crippen LogP contribution in [0.15, 0.2) is 42.7 Å². The smallest absolute Gasteiger partial charge is 0.387 e. The first-order valence-electron chi connectivity index (χ1n) is 7.95. The largest absolute Gasteiger partial charge is 0.435 e. The fourth-order valence-corrected chi connectivity index (χ4v) is 2.44. The molecule has 0 aliphatic carbocycles. The summed E-state index contributed by atoms with van der Waals surface area (Å²) in [4.78, 5) is 12.2. The van der Waals surface area contributed by atoms with Crippen LogP contribution in [-0.4, -0.2) is 22.3 Å². The number of nitrogens with zero attached hydrogens (tertiary/aromatic N) is 2. The van der Waals surface area contributed by atoms with Gasteiger partial charge in [-0.05, 0) is 18.2 Å². The Labute approximate surface area is 159 Å². The summed E-state index contributed by atoms with van der Waals surface area (Å²) in [5, 5.41) is 6.19. The number of carbonyl (C=O) groups is 1. The third-order valence-electron chi connectivity index (χ3n) is 3.74.